The SMILES string of the molecule is CN(C)[C@@H]1CCCN(Cc2ccc(F)cc2F)C1=O. The maximum absolute atomic E-state index is 13.6. The number of carbonyl (C=O) groups is 1. The highest BCUT2D eigenvalue weighted by atomic mass is 19.1. The van der Waals surface area contributed by atoms with Crippen molar-refractivity contribution in [3.05, 3.63) is 35.4 Å². The number of halogens is 2. The van der Waals surface area contributed by atoms with Crippen LogP contribution < -0.4 is 0 Å². The zero-order chi connectivity index (χ0) is 14.0. The van der Waals surface area contributed by atoms with Gasteiger partial charge in [0.05, 0.1) is 6.04 Å². The molecular weight excluding hydrogens is 250 g/mol. The maximum atomic E-state index is 13.6. The first-order chi connectivity index (χ1) is 8.99. The highest BCUT2D eigenvalue weighted by Gasteiger charge is 2.30. The van der Waals surface area contributed by atoms with E-state index in [1.807, 2.05) is 19.0 Å². The van der Waals surface area contributed by atoms with Gasteiger partial charge in [0.1, 0.15) is 11.6 Å². The van der Waals surface area contributed by atoms with Crippen molar-refractivity contribution in [3.8, 4) is 0 Å². The fourth-order valence-electron chi connectivity index (χ4n) is 2.41. The molecular formula is C14H18F2N2O. The number of likely N-dealkylation sites (tertiary alicyclic amines) is 1. The lowest BCUT2D eigenvalue weighted by atomic mass is 10.0. The number of rotatable bonds is 3. The van der Waals surface area contributed by atoms with Crippen LogP contribution in [0.2, 0.25) is 0 Å². The van der Waals surface area contributed by atoms with E-state index in [9.17, 15) is 13.6 Å². The lowest BCUT2D eigenvalue weighted by Crippen LogP contribution is -2.49. The smallest absolute Gasteiger partial charge is 0.240 e. The number of hydrogen-bond donors (Lipinski definition) is 0. The van der Waals surface area contributed by atoms with Crippen molar-refractivity contribution in [1.29, 1.82) is 0 Å². The molecule has 0 bridgehead atoms. The summed E-state index contributed by atoms with van der Waals surface area (Å²) in [5.74, 6) is -1.18. The molecule has 1 amide bonds. The van der Waals surface area contributed by atoms with Gasteiger partial charge in [-0.05, 0) is 33.0 Å². The fourth-order valence-corrected chi connectivity index (χ4v) is 2.41. The van der Waals surface area contributed by atoms with Gasteiger partial charge in [-0.15, -0.1) is 0 Å². The van der Waals surface area contributed by atoms with E-state index in [0.29, 0.717) is 12.1 Å². The van der Waals surface area contributed by atoms with E-state index in [1.165, 1.54) is 12.1 Å². The van der Waals surface area contributed by atoms with Gasteiger partial charge in [0, 0.05) is 24.7 Å². The van der Waals surface area contributed by atoms with Crippen molar-refractivity contribution >= 4 is 5.91 Å². The van der Waals surface area contributed by atoms with Crippen LogP contribution >= 0.6 is 0 Å². The van der Waals surface area contributed by atoms with Crippen LogP contribution in [-0.2, 0) is 11.3 Å². The Morgan fingerprint density at radius 1 is 1.37 bits per heavy atom. The van der Waals surface area contributed by atoms with Crippen molar-refractivity contribution in [2.45, 2.75) is 25.4 Å². The minimum atomic E-state index is -0.600. The number of likely N-dealkylation sites (N-methyl/N-ethyl adjacent to an activating group) is 1. The third-order valence-corrected chi connectivity index (χ3v) is 3.50. The summed E-state index contributed by atoms with van der Waals surface area (Å²) in [6.07, 6.45) is 1.73. The van der Waals surface area contributed by atoms with Crippen LogP contribution in [0.3, 0.4) is 0 Å². The van der Waals surface area contributed by atoms with E-state index in [2.05, 4.69) is 0 Å². The van der Waals surface area contributed by atoms with E-state index in [1.54, 1.807) is 4.90 Å². The third-order valence-electron chi connectivity index (χ3n) is 3.50. The molecule has 0 aromatic heterocycles. The predicted molar refractivity (Wildman–Crippen MR) is 68.5 cm³/mol. The van der Waals surface area contributed by atoms with E-state index in [4.69, 9.17) is 0 Å². The Morgan fingerprint density at radius 2 is 2.11 bits per heavy atom. The lowest BCUT2D eigenvalue weighted by molar-refractivity contribution is -0.139. The molecule has 1 fully saturated rings. The fraction of sp³-hybridized carbons (Fsp3) is 0.500. The molecule has 0 aliphatic carbocycles. The number of amides is 1. The number of nitrogens with zero attached hydrogens (tertiary/aromatic N) is 2. The maximum Gasteiger partial charge on any atom is 0.240 e. The Hall–Kier alpha value is -1.49. The van der Waals surface area contributed by atoms with Crippen LogP contribution in [0.4, 0.5) is 8.78 Å². The molecule has 5 heteroatoms. The third kappa shape index (κ3) is 3.10. The van der Waals surface area contributed by atoms with Gasteiger partial charge in [0.25, 0.3) is 0 Å². The molecule has 1 aromatic rings. The van der Waals surface area contributed by atoms with Gasteiger partial charge >= 0.3 is 0 Å². The Balaban J connectivity index is 2.12. The van der Waals surface area contributed by atoms with E-state index in [-0.39, 0.29) is 18.5 Å². The van der Waals surface area contributed by atoms with E-state index < -0.39 is 11.6 Å². The summed E-state index contributed by atoms with van der Waals surface area (Å²) in [7, 11) is 3.73. The van der Waals surface area contributed by atoms with Gasteiger partial charge in [0.2, 0.25) is 5.91 Å². The molecule has 104 valence electrons. The minimum Gasteiger partial charge on any atom is -0.337 e. The zero-order valence-corrected chi connectivity index (χ0v) is 11.2. The summed E-state index contributed by atoms with van der Waals surface area (Å²) in [5, 5.41) is 0. The van der Waals surface area contributed by atoms with Crippen LogP contribution in [0.5, 0.6) is 0 Å². The Bertz CT molecular complexity index is 477. The first-order valence-corrected chi connectivity index (χ1v) is 6.38. The quantitative estimate of drug-likeness (QED) is 0.837. The highest BCUT2D eigenvalue weighted by Crippen LogP contribution is 2.19. The molecule has 1 saturated heterocycles. The van der Waals surface area contributed by atoms with Crippen LogP contribution in [-0.4, -0.2) is 42.4 Å². The standard InChI is InChI=1S/C14H18F2N2O/c1-17(2)13-4-3-7-18(14(13)19)9-10-5-6-11(15)8-12(10)16/h5-6,8,13H,3-4,7,9H2,1-2H3/t13-/m1/s1. The molecule has 1 aliphatic rings. The minimum absolute atomic E-state index is 0.0139. The summed E-state index contributed by atoms with van der Waals surface area (Å²) >= 11 is 0. The summed E-state index contributed by atoms with van der Waals surface area (Å²) in [6, 6.07) is 3.33. The van der Waals surface area contributed by atoms with Crippen LogP contribution in [0.25, 0.3) is 0 Å². The molecule has 2 rings (SSSR count). The van der Waals surface area contributed by atoms with E-state index >= 15 is 0 Å². The summed E-state index contributed by atoms with van der Waals surface area (Å²) in [6.45, 7) is 0.829. The molecule has 1 aliphatic heterocycles. The molecule has 19 heavy (non-hydrogen) atoms. The average Bonchev–Trinajstić information content (AvgIpc) is 2.34. The molecule has 1 aromatic carbocycles. The Morgan fingerprint density at radius 3 is 2.74 bits per heavy atom. The van der Waals surface area contributed by atoms with Gasteiger partial charge in [-0.3, -0.25) is 9.69 Å². The second-order valence-electron chi connectivity index (χ2n) is 5.12. The largest absolute Gasteiger partial charge is 0.337 e. The van der Waals surface area contributed by atoms with Crippen molar-refractivity contribution in [1.82, 2.24) is 9.80 Å². The van der Waals surface area contributed by atoms with Crippen LogP contribution in [0, 0.1) is 11.6 Å². The second kappa shape index (κ2) is 5.65. The van der Waals surface area contributed by atoms with Gasteiger partial charge in [-0.2, -0.15) is 0 Å². The summed E-state index contributed by atoms with van der Waals surface area (Å²) in [4.78, 5) is 15.8. The molecule has 0 spiro atoms. The molecule has 0 saturated carbocycles. The van der Waals surface area contributed by atoms with Crippen LogP contribution in [0.15, 0.2) is 18.2 Å². The highest BCUT2D eigenvalue weighted by molar-refractivity contribution is 5.82. The van der Waals surface area contributed by atoms with Crippen molar-refractivity contribution < 1.29 is 13.6 Å². The van der Waals surface area contributed by atoms with Gasteiger partial charge < -0.3 is 4.90 Å². The van der Waals surface area contributed by atoms with Gasteiger partial charge in [0.15, 0.2) is 0 Å². The van der Waals surface area contributed by atoms with Gasteiger partial charge in [-0.1, -0.05) is 6.07 Å². The zero-order valence-electron chi connectivity index (χ0n) is 11.2. The summed E-state index contributed by atoms with van der Waals surface area (Å²) < 4.78 is 26.4. The van der Waals surface area contributed by atoms with Crippen molar-refractivity contribution in [2.75, 3.05) is 20.6 Å². The number of hydrogen-bond acceptors (Lipinski definition) is 2. The predicted octanol–water partition coefficient (Wildman–Crippen LogP) is 2.02. The number of benzene rings is 1. The lowest BCUT2D eigenvalue weighted by Gasteiger charge is -2.35. The number of piperidine rings is 1. The first-order valence-electron chi connectivity index (χ1n) is 6.38. The monoisotopic (exact) mass is 268 g/mol. The molecule has 0 unspecified atom stereocenters. The van der Waals surface area contributed by atoms with Gasteiger partial charge in [-0.25, -0.2) is 8.78 Å². The normalized spacial score (nSPS) is 20.2. The molecule has 0 N–H and O–H groups in total. The Labute approximate surface area is 111 Å². The molecule has 1 atom stereocenters. The molecule has 3 nitrogen and oxygen atoms in total. The van der Waals surface area contributed by atoms with Crippen LogP contribution in [0.1, 0.15) is 18.4 Å². The second-order valence-corrected chi connectivity index (χ2v) is 5.12. The average molecular weight is 268 g/mol. The summed E-state index contributed by atoms with van der Waals surface area (Å²) in [5.41, 5.74) is 0.356. The number of carbonyl (C=O) groups excluding carboxylic acids is 1. The topological polar surface area (TPSA) is 23.6 Å². The Kier molecular flexibility index (Phi) is 4.14. The van der Waals surface area contributed by atoms with Crippen molar-refractivity contribution in [3.63, 3.8) is 0 Å². The first kappa shape index (κ1) is 13.9. The van der Waals surface area contributed by atoms with E-state index in [0.717, 1.165) is 18.9 Å². The molecule has 0 radical (unpaired) electrons. The molecule has 1 heterocycles. The van der Waals surface area contributed by atoms with Crippen molar-refractivity contribution in [2.24, 2.45) is 0 Å².